The van der Waals surface area contributed by atoms with E-state index in [2.05, 4.69) is 15.9 Å². The van der Waals surface area contributed by atoms with E-state index in [1.54, 1.807) is 7.11 Å². The third-order valence-electron chi connectivity index (χ3n) is 3.27. The number of ether oxygens (including phenoxy) is 1. The highest BCUT2D eigenvalue weighted by atomic mass is 79.9. The fourth-order valence-electron chi connectivity index (χ4n) is 2.36. The second kappa shape index (κ2) is 5.71. The molecule has 0 unspecified atom stereocenters. The maximum atomic E-state index is 11.1. The lowest BCUT2D eigenvalue weighted by molar-refractivity contribution is -0.142. The van der Waals surface area contributed by atoms with E-state index in [9.17, 15) is 4.79 Å². The molecule has 0 saturated carbocycles. The third kappa shape index (κ3) is 2.84. The Bertz CT molecular complexity index is 450. The van der Waals surface area contributed by atoms with Gasteiger partial charge in [0.1, 0.15) is 11.8 Å². The predicted octanol–water partition coefficient (Wildman–Crippen LogP) is 2.51. The van der Waals surface area contributed by atoms with Gasteiger partial charge in [-0.3, -0.25) is 9.69 Å². The van der Waals surface area contributed by atoms with Gasteiger partial charge in [0.2, 0.25) is 0 Å². The van der Waals surface area contributed by atoms with Gasteiger partial charge in [-0.1, -0.05) is 22.0 Å². The summed E-state index contributed by atoms with van der Waals surface area (Å²) >= 11 is 3.40. The lowest BCUT2D eigenvalue weighted by atomic mass is 10.1. The van der Waals surface area contributed by atoms with E-state index in [4.69, 9.17) is 9.84 Å². The molecule has 2 rings (SSSR count). The first kappa shape index (κ1) is 13.4. The van der Waals surface area contributed by atoms with Crippen molar-refractivity contribution >= 4 is 21.9 Å². The Morgan fingerprint density at radius 2 is 2.39 bits per heavy atom. The van der Waals surface area contributed by atoms with Crippen LogP contribution in [-0.4, -0.2) is 35.7 Å². The third-order valence-corrected chi connectivity index (χ3v) is 3.76. The molecule has 1 fully saturated rings. The van der Waals surface area contributed by atoms with Crippen LogP contribution in [0.25, 0.3) is 0 Å². The zero-order valence-corrected chi connectivity index (χ0v) is 11.8. The molecular formula is C13H16BrNO3. The van der Waals surface area contributed by atoms with Gasteiger partial charge in [0, 0.05) is 16.6 Å². The predicted molar refractivity (Wildman–Crippen MR) is 71.8 cm³/mol. The number of hydrogen-bond donors (Lipinski definition) is 1. The minimum absolute atomic E-state index is 0.363. The molecule has 1 aliphatic heterocycles. The van der Waals surface area contributed by atoms with Crippen LogP contribution in [0.2, 0.25) is 0 Å². The number of aliphatic carboxylic acids is 1. The summed E-state index contributed by atoms with van der Waals surface area (Å²) in [7, 11) is 1.63. The summed E-state index contributed by atoms with van der Waals surface area (Å²) in [4.78, 5) is 13.1. The van der Waals surface area contributed by atoms with Crippen molar-refractivity contribution in [2.45, 2.75) is 25.4 Å². The molecule has 0 aliphatic carbocycles. The Labute approximate surface area is 115 Å². The zero-order valence-electron chi connectivity index (χ0n) is 10.2. The molecule has 0 spiro atoms. The van der Waals surface area contributed by atoms with E-state index >= 15 is 0 Å². The lowest BCUT2D eigenvalue weighted by Crippen LogP contribution is -2.35. The minimum atomic E-state index is -0.733. The van der Waals surface area contributed by atoms with Crippen LogP contribution in [0, 0.1) is 0 Å². The molecule has 1 heterocycles. The first-order chi connectivity index (χ1) is 8.61. The Hall–Kier alpha value is -1.07. The van der Waals surface area contributed by atoms with Crippen LogP contribution in [0.15, 0.2) is 22.7 Å². The molecule has 1 saturated heterocycles. The summed E-state index contributed by atoms with van der Waals surface area (Å²) in [5, 5.41) is 9.15. The molecule has 1 aromatic carbocycles. The number of likely N-dealkylation sites (tertiary alicyclic amines) is 1. The zero-order chi connectivity index (χ0) is 13.1. The van der Waals surface area contributed by atoms with Crippen LogP contribution in [0.5, 0.6) is 5.75 Å². The number of carbonyl (C=O) groups is 1. The summed E-state index contributed by atoms with van der Waals surface area (Å²) in [5.74, 6) is 0.0593. The van der Waals surface area contributed by atoms with Crippen LogP contribution in [0.3, 0.4) is 0 Å². The maximum Gasteiger partial charge on any atom is 0.320 e. The molecule has 4 nitrogen and oxygen atoms in total. The molecule has 0 bridgehead atoms. The molecule has 98 valence electrons. The van der Waals surface area contributed by atoms with Gasteiger partial charge in [0.05, 0.1) is 7.11 Å². The van der Waals surface area contributed by atoms with Crippen LogP contribution in [0.1, 0.15) is 18.4 Å². The maximum absolute atomic E-state index is 11.1. The Balaban J connectivity index is 2.16. The normalized spacial score (nSPS) is 20.0. The molecule has 1 aromatic rings. The lowest BCUT2D eigenvalue weighted by Gasteiger charge is -2.22. The summed E-state index contributed by atoms with van der Waals surface area (Å²) in [6, 6.07) is 5.46. The topological polar surface area (TPSA) is 49.8 Å². The van der Waals surface area contributed by atoms with Crippen molar-refractivity contribution in [2.75, 3.05) is 13.7 Å². The Morgan fingerprint density at radius 1 is 1.61 bits per heavy atom. The van der Waals surface area contributed by atoms with E-state index < -0.39 is 5.97 Å². The monoisotopic (exact) mass is 313 g/mol. The fraction of sp³-hybridized carbons (Fsp3) is 0.462. The minimum Gasteiger partial charge on any atom is -0.496 e. The van der Waals surface area contributed by atoms with E-state index in [0.717, 1.165) is 35.2 Å². The molecule has 1 atom stereocenters. The van der Waals surface area contributed by atoms with E-state index in [1.807, 2.05) is 23.1 Å². The van der Waals surface area contributed by atoms with Crippen LogP contribution in [-0.2, 0) is 11.3 Å². The molecule has 1 aliphatic rings. The van der Waals surface area contributed by atoms with Gasteiger partial charge in [-0.05, 0) is 31.5 Å². The highest BCUT2D eigenvalue weighted by Crippen LogP contribution is 2.27. The quantitative estimate of drug-likeness (QED) is 0.928. The van der Waals surface area contributed by atoms with Gasteiger partial charge in [0.15, 0.2) is 0 Å². The summed E-state index contributed by atoms with van der Waals surface area (Å²) < 4.78 is 6.29. The van der Waals surface area contributed by atoms with E-state index in [0.29, 0.717) is 6.54 Å². The van der Waals surface area contributed by atoms with Crippen LogP contribution in [0.4, 0.5) is 0 Å². The number of nitrogens with zero attached hydrogens (tertiary/aromatic N) is 1. The molecule has 18 heavy (non-hydrogen) atoms. The van der Waals surface area contributed by atoms with Crippen molar-refractivity contribution in [3.8, 4) is 5.75 Å². The van der Waals surface area contributed by atoms with Gasteiger partial charge in [-0.2, -0.15) is 0 Å². The number of benzene rings is 1. The van der Waals surface area contributed by atoms with Crippen molar-refractivity contribution in [1.29, 1.82) is 0 Å². The second-order valence-corrected chi connectivity index (χ2v) is 5.34. The number of halogens is 1. The fourth-order valence-corrected chi connectivity index (χ4v) is 2.70. The summed E-state index contributed by atoms with van der Waals surface area (Å²) in [5.41, 5.74) is 1.02. The number of methoxy groups -OCH3 is 1. The standard InChI is InChI=1S/C13H16BrNO3/c1-18-12-7-10(14)5-4-9(12)8-15-6-2-3-11(15)13(16)17/h4-5,7,11H,2-3,6,8H2,1H3,(H,16,17)/t11-/m1/s1. The smallest absolute Gasteiger partial charge is 0.320 e. The molecular weight excluding hydrogens is 298 g/mol. The SMILES string of the molecule is COc1cc(Br)ccc1CN1CCC[C@@H]1C(=O)O. The average Bonchev–Trinajstić information content (AvgIpc) is 2.79. The van der Waals surface area contributed by atoms with Gasteiger partial charge in [0.25, 0.3) is 0 Å². The first-order valence-corrected chi connectivity index (χ1v) is 6.70. The van der Waals surface area contributed by atoms with Crippen molar-refractivity contribution in [3.63, 3.8) is 0 Å². The highest BCUT2D eigenvalue weighted by Gasteiger charge is 2.30. The van der Waals surface area contributed by atoms with E-state index in [-0.39, 0.29) is 6.04 Å². The first-order valence-electron chi connectivity index (χ1n) is 5.91. The summed E-state index contributed by atoms with van der Waals surface area (Å²) in [6.45, 7) is 1.45. The van der Waals surface area contributed by atoms with Crippen LogP contribution >= 0.6 is 15.9 Å². The second-order valence-electron chi connectivity index (χ2n) is 4.42. The Morgan fingerprint density at radius 3 is 3.06 bits per heavy atom. The van der Waals surface area contributed by atoms with Crippen molar-refractivity contribution in [2.24, 2.45) is 0 Å². The molecule has 0 amide bonds. The number of carboxylic acid groups (broad SMARTS) is 1. The molecule has 0 radical (unpaired) electrons. The number of hydrogen-bond acceptors (Lipinski definition) is 3. The van der Waals surface area contributed by atoms with Crippen LogP contribution < -0.4 is 4.74 Å². The van der Waals surface area contributed by atoms with Gasteiger partial charge in [-0.15, -0.1) is 0 Å². The number of rotatable bonds is 4. The largest absolute Gasteiger partial charge is 0.496 e. The van der Waals surface area contributed by atoms with Gasteiger partial charge < -0.3 is 9.84 Å². The van der Waals surface area contributed by atoms with E-state index in [1.165, 1.54) is 0 Å². The van der Waals surface area contributed by atoms with Crippen molar-refractivity contribution in [1.82, 2.24) is 4.90 Å². The average molecular weight is 314 g/mol. The van der Waals surface area contributed by atoms with Crippen molar-refractivity contribution in [3.05, 3.63) is 28.2 Å². The van der Waals surface area contributed by atoms with Gasteiger partial charge in [-0.25, -0.2) is 0 Å². The summed E-state index contributed by atoms with van der Waals surface area (Å²) in [6.07, 6.45) is 1.67. The number of carboxylic acids is 1. The molecule has 1 N–H and O–H groups in total. The van der Waals surface area contributed by atoms with Crippen molar-refractivity contribution < 1.29 is 14.6 Å². The Kier molecular flexibility index (Phi) is 4.24. The molecule has 5 heteroatoms. The van der Waals surface area contributed by atoms with Gasteiger partial charge >= 0.3 is 5.97 Å². The highest BCUT2D eigenvalue weighted by molar-refractivity contribution is 9.10. The molecule has 0 aromatic heterocycles.